The maximum atomic E-state index is 11.6. The van der Waals surface area contributed by atoms with Crippen molar-refractivity contribution in [2.45, 2.75) is 32.8 Å². The summed E-state index contributed by atoms with van der Waals surface area (Å²) in [5.41, 5.74) is -0.0154. The van der Waals surface area contributed by atoms with Crippen LogP contribution in [0.25, 0.3) is 0 Å². The minimum atomic E-state index is -2.82. The molecule has 0 aliphatic carbocycles. The number of halogens is 2. The zero-order chi connectivity index (χ0) is 13.8. The van der Waals surface area contributed by atoms with Crippen LogP contribution < -0.4 is 0 Å². The van der Waals surface area contributed by atoms with Gasteiger partial charge in [0.25, 0.3) is 0 Å². The lowest BCUT2D eigenvalue weighted by atomic mass is 9.76. The van der Waals surface area contributed by atoms with E-state index in [-0.39, 0.29) is 17.4 Å². The molecule has 3 nitrogen and oxygen atoms in total. The van der Waals surface area contributed by atoms with E-state index in [2.05, 4.69) is 31.9 Å². The van der Waals surface area contributed by atoms with Crippen LogP contribution in [0.1, 0.15) is 26.7 Å². The molecule has 0 saturated carbocycles. The summed E-state index contributed by atoms with van der Waals surface area (Å²) in [5.74, 6) is 0.896. The molecule has 0 aromatic heterocycles. The third-order valence-corrected chi connectivity index (χ3v) is 7.68. The van der Waals surface area contributed by atoms with Crippen LogP contribution in [0.3, 0.4) is 0 Å². The lowest BCUT2D eigenvalue weighted by molar-refractivity contribution is 0.0496. The second-order valence-electron chi connectivity index (χ2n) is 5.40. The molecule has 0 bridgehead atoms. The van der Waals surface area contributed by atoms with Gasteiger partial charge in [-0.15, -0.1) is 0 Å². The number of hydrogen-bond acceptors (Lipinski definition) is 3. The quantitative estimate of drug-likeness (QED) is 0.611. The number of sulfone groups is 1. The fraction of sp³-hybridized carbons (Fsp3) is 1.00. The summed E-state index contributed by atoms with van der Waals surface area (Å²) in [7, 11) is -2.82. The van der Waals surface area contributed by atoms with Gasteiger partial charge < -0.3 is 4.74 Å². The van der Waals surface area contributed by atoms with Gasteiger partial charge in [0, 0.05) is 17.3 Å². The molecular formula is C12H22Br2O3S. The standard InChI is InChI=1S/C12H22Br2O3S/c1-10(2)17-5-4-12(8-13,9-14)11-3-6-18(15,16)7-11/h10-11H,3-9H2,1-2H3. The minimum Gasteiger partial charge on any atom is -0.379 e. The maximum Gasteiger partial charge on any atom is 0.150 e. The van der Waals surface area contributed by atoms with Gasteiger partial charge in [-0.1, -0.05) is 31.9 Å². The summed E-state index contributed by atoms with van der Waals surface area (Å²) in [6, 6.07) is 0. The minimum absolute atomic E-state index is 0.0154. The van der Waals surface area contributed by atoms with Crippen LogP contribution in [-0.4, -0.2) is 43.3 Å². The Morgan fingerprint density at radius 1 is 1.33 bits per heavy atom. The molecule has 0 radical (unpaired) electrons. The zero-order valence-electron chi connectivity index (χ0n) is 11.0. The topological polar surface area (TPSA) is 43.4 Å². The van der Waals surface area contributed by atoms with Crippen LogP contribution >= 0.6 is 31.9 Å². The lowest BCUT2D eigenvalue weighted by Gasteiger charge is -2.35. The van der Waals surface area contributed by atoms with Crippen molar-refractivity contribution < 1.29 is 13.2 Å². The van der Waals surface area contributed by atoms with Crippen molar-refractivity contribution in [3.8, 4) is 0 Å². The molecule has 6 heteroatoms. The van der Waals surface area contributed by atoms with Gasteiger partial charge in [-0.25, -0.2) is 8.42 Å². The van der Waals surface area contributed by atoms with Crippen LogP contribution in [0.5, 0.6) is 0 Å². The first kappa shape index (κ1) is 16.9. The fourth-order valence-corrected chi connectivity index (χ4v) is 6.72. The fourth-order valence-electron chi connectivity index (χ4n) is 2.37. The molecule has 1 unspecified atom stereocenters. The zero-order valence-corrected chi connectivity index (χ0v) is 15.0. The molecule has 1 aliphatic heterocycles. The molecule has 0 N–H and O–H groups in total. The summed E-state index contributed by atoms with van der Waals surface area (Å²) < 4.78 is 28.9. The van der Waals surface area contributed by atoms with E-state index in [1.165, 1.54) is 0 Å². The molecular weight excluding hydrogens is 384 g/mol. The molecule has 1 rings (SSSR count). The second kappa shape index (κ2) is 7.04. The van der Waals surface area contributed by atoms with Gasteiger partial charge in [0.1, 0.15) is 0 Å². The highest BCUT2D eigenvalue weighted by Crippen LogP contribution is 2.42. The van der Waals surface area contributed by atoms with E-state index in [1.54, 1.807) is 0 Å². The first-order chi connectivity index (χ1) is 8.35. The molecule has 0 aromatic rings. The lowest BCUT2D eigenvalue weighted by Crippen LogP contribution is -2.36. The molecule has 0 amide bonds. The monoisotopic (exact) mass is 404 g/mol. The van der Waals surface area contributed by atoms with E-state index in [0.717, 1.165) is 23.5 Å². The summed E-state index contributed by atoms with van der Waals surface area (Å²) in [4.78, 5) is 0. The van der Waals surface area contributed by atoms with Gasteiger partial charge in [-0.3, -0.25) is 0 Å². The highest BCUT2D eigenvalue weighted by Gasteiger charge is 2.43. The van der Waals surface area contributed by atoms with Crippen LogP contribution in [0, 0.1) is 11.3 Å². The Bertz CT molecular complexity index is 350. The van der Waals surface area contributed by atoms with E-state index in [4.69, 9.17) is 4.74 Å². The first-order valence-corrected chi connectivity index (χ1v) is 10.4. The highest BCUT2D eigenvalue weighted by molar-refractivity contribution is 9.09. The van der Waals surface area contributed by atoms with Crippen molar-refractivity contribution in [3.05, 3.63) is 0 Å². The van der Waals surface area contributed by atoms with Crippen LogP contribution in [0.2, 0.25) is 0 Å². The number of hydrogen-bond donors (Lipinski definition) is 0. The van der Waals surface area contributed by atoms with Gasteiger partial charge in [-0.05, 0) is 38.0 Å². The molecule has 1 atom stereocenters. The van der Waals surface area contributed by atoms with E-state index in [1.807, 2.05) is 13.8 Å². The maximum absolute atomic E-state index is 11.6. The number of ether oxygens (including phenoxy) is 1. The first-order valence-electron chi connectivity index (χ1n) is 6.29. The summed E-state index contributed by atoms with van der Waals surface area (Å²) in [6.07, 6.45) is 1.89. The second-order valence-corrected chi connectivity index (χ2v) is 8.75. The van der Waals surface area contributed by atoms with Gasteiger partial charge >= 0.3 is 0 Å². The van der Waals surface area contributed by atoms with Gasteiger partial charge in [0.2, 0.25) is 0 Å². The SMILES string of the molecule is CC(C)OCCC(CBr)(CBr)C1CCS(=O)(=O)C1. The molecule has 1 aliphatic rings. The molecule has 0 spiro atoms. The largest absolute Gasteiger partial charge is 0.379 e. The molecule has 108 valence electrons. The summed E-state index contributed by atoms with van der Waals surface area (Å²) in [6.45, 7) is 4.72. The third kappa shape index (κ3) is 4.46. The predicted molar refractivity (Wildman–Crippen MR) is 82.5 cm³/mol. The highest BCUT2D eigenvalue weighted by atomic mass is 79.9. The normalized spacial score (nSPS) is 23.7. The molecule has 1 saturated heterocycles. The van der Waals surface area contributed by atoms with Crippen LogP contribution in [-0.2, 0) is 14.6 Å². The molecule has 1 heterocycles. The van der Waals surface area contributed by atoms with Gasteiger partial charge in [-0.2, -0.15) is 0 Å². The third-order valence-electron chi connectivity index (χ3n) is 3.68. The van der Waals surface area contributed by atoms with E-state index >= 15 is 0 Å². The summed E-state index contributed by atoms with van der Waals surface area (Å²) >= 11 is 7.14. The summed E-state index contributed by atoms with van der Waals surface area (Å²) in [5, 5.41) is 1.62. The number of rotatable bonds is 7. The Morgan fingerprint density at radius 3 is 2.33 bits per heavy atom. The predicted octanol–water partition coefficient (Wildman–Crippen LogP) is 3.01. The van der Waals surface area contributed by atoms with E-state index in [0.29, 0.717) is 18.1 Å². The molecule has 1 fully saturated rings. The Morgan fingerprint density at radius 2 is 1.94 bits per heavy atom. The van der Waals surface area contributed by atoms with Gasteiger partial charge in [0.15, 0.2) is 9.84 Å². The van der Waals surface area contributed by atoms with E-state index < -0.39 is 9.84 Å². The van der Waals surface area contributed by atoms with Crippen molar-refractivity contribution in [2.75, 3.05) is 28.8 Å². The van der Waals surface area contributed by atoms with E-state index in [9.17, 15) is 8.42 Å². The van der Waals surface area contributed by atoms with Crippen molar-refractivity contribution in [1.82, 2.24) is 0 Å². The van der Waals surface area contributed by atoms with Gasteiger partial charge in [0.05, 0.1) is 17.6 Å². The van der Waals surface area contributed by atoms with Crippen molar-refractivity contribution in [1.29, 1.82) is 0 Å². The number of alkyl halides is 2. The molecule has 0 aromatic carbocycles. The Labute approximate surface area is 127 Å². The average molecular weight is 406 g/mol. The Hall–Kier alpha value is 0.870. The van der Waals surface area contributed by atoms with Crippen molar-refractivity contribution >= 4 is 41.7 Å². The van der Waals surface area contributed by atoms with Crippen molar-refractivity contribution in [3.63, 3.8) is 0 Å². The molecule has 18 heavy (non-hydrogen) atoms. The van der Waals surface area contributed by atoms with Crippen molar-refractivity contribution in [2.24, 2.45) is 11.3 Å². The van der Waals surface area contributed by atoms with Crippen LogP contribution in [0.15, 0.2) is 0 Å². The Balaban J connectivity index is 2.68. The average Bonchev–Trinajstić information content (AvgIpc) is 2.66. The smallest absolute Gasteiger partial charge is 0.150 e. The Kier molecular flexibility index (Phi) is 6.62. The van der Waals surface area contributed by atoms with Crippen LogP contribution in [0.4, 0.5) is 0 Å².